The van der Waals surface area contributed by atoms with E-state index >= 15 is 0 Å². The number of fused-ring (bicyclic) bond motifs is 3. The van der Waals surface area contributed by atoms with Gasteiger partial charge in [-0.3, -0.25) is 0 Å². The van der Waals surface area contributed by atoms with E-state index in [9.17, 15) is 10.5 Å². The maximum atomic E-state index is 9.48. The van der Waals surface area contributed by atoms with Crippen molar-refractivity contribution in [2.75, 3.05) is 0 Å². The van der Waals surface area contributed by atoms with Crippen molar-refractivity contribution in [2.45, 2.75) is 27.7 Å². The summed E-state index contributed by atoms with van der Waals surface area (Å²) in [5.41, 5.74) is 6.23. The zero-order valence-electron chi connectivity index (χ0n) is 27.8. The molecular weight excluding hydrogens is 639 g/mol. The van der Waals surface area contributed by atoms with Gasteiger partial charge in [0.2, 0.25) is 0 Å². The fraction of sp³-hybridized carbons (Fsp3) is 0.105. The van der Waals surface area contributed by atoms with Gasteiger partial charge in [-0.25, -0.2) is 49.8 Å². The first-order valence-corrected chi connectivity index (χ1v) is 15.8. The number of nitrogens with zero attached hydrogens (tertiary/aromatic N) is 13. The highest BCUT2D eigenvalue weighted by Gasteiger charge is 2.21. The summed E-state index contributed by atoms with van der Waals surface area (Å²) in [5, 5.41) is 20.8. The van der Waals surface area contributed by atoms with Gasteiger partial charge in [0.15, 0.2) is 23.3 Å². The van der Waals surface area contributed by atoms with Crippen LogP contribution in [0.5, 0.6) is 0 Å². The van der Waals surface area contributed by atoms with Gasteiger partial charge in [-0.1, -0.05) is 24.3 Å². The molecule has 8 rings (SSSR count). The van der Waals surface area contributed by atoms with E-state index in [1.807, 2.05) is 58.0 Å². The molecule has 0 aliphatic heterocycles. The van der Waals surface area contributed by atoms with Crippen LogP contribution in [-0.4, -0.2) is 54.4 Å². The van der Waals surface area contributed by atoms with Crippen molar-refractivity contribution >= 4 is 21.8 Å². The minimum atomic E-state index is 0.337. The second-order valence-electron chi connectivity index (χ2n) is 11.9. The molecule has 0 aliphatic rings. The molecule has 0 spiro atoms. The number of nitriles is 2. The second-order valence-corrected chi connectivity index (χ2v) is 11.9. The Morgan fingerprint density at radius 1 is 0.471 bits per heavy atom. The van der Waals surface area contributed by atoms with Gasteiger partial charge in [0, 0.05) is 57.8 Å². The maximum Gasteiger partial charge on any atom is 0.163 e. The standard InChI is InChI=1S/C38H25N13/c1-20-45-21(2)48-36(47-20)27-5-8-29-30-9-6-28(37-49-22(3)46-23(4)50-37)13-34(30)51(33(29)12-27)32-10-7-26(35-41-16-24(14-39)17-42-35)11-31(32)38-43-18-25(15-40)19-44-38/h5-13,16-19H,1-4H3. The number of aryl methyl sites for hydroxylation is 4. The number of aromatic nitrogens is 11. The zero-order chi connectivity index (χ0) is 35.2. The molecule has 13 heteroatoms. The summed E-state index contributed by atoms with van der Waals surface area (Å²) < 4.78 is 2.15. The Bertz CT molecular complexity index is 2610. The molecule has 0 radical (unpaired) electrons. The molecule has 3 aromatic carbocycles. The van der Waals surface area contributed by atoms with E-state index in [1.165, 1.54) is 24.8 Å². The van der Waals surface area contributed by atoms with Crippen LogP contribution < -0.4 is 0 Å². The van der Waals surface area contributed by atoms with E-state index in [0.29, 0.717) is 68.8 Å². The highest BCUT2D eigenvalue weighted by molar-refractivity contribution is 6.11. The Morgan fingerprint density at radius 3 is 1.33 bits per heavy atom. The molecule has 5 heterocycles. The third-order valence-electron chi connectivity index (χ3n) is 8.30. The lowest BCUT2D eigenvalue weighted by Crippen LogP contribution is -2.02. The molecule has 0 unspecified atom stereocenters. The molecule has 13 nitrogen and oxygen atoms in total. The van der Waals surface area contributed by atoms with Gasteiger partial charge in [-0.05, 0) is 58.0 Å². The first-order chi connectivity index (χ1) is 24.8. The third-order valence-corrected chi connectivity index (χ3v) is 8.30. The highest BCUT2D eigenvalue weighted by Crippen LogP contribution is 2.39. The Morgan fingerprint density at radius 2 is 0.882 bits per heavy atom. The zero-order valence-corrected chi connectivity index (χ0v) is 27.8. The highest BCUT2D eigenvalue weighted by atomic mass is 15.0. The second kappa shape index (κ2) is 12.3. The van der Waals surface area contributed by atoms with Gasteiger partial charge < -0.3 is 4.57 Å². The van der Waals surface area contributed by atoms with E-state index in [1.54, 1.807) is 0 Å². The minimum absolute atomic E-state index is 0.337. The van der Waals surface area contributed by atoms with Gasteiger partial charge in [-0.2, -0.15) is 10.5 Å². The van der Waals surface area contributed by atoms with Crippen molar-refractivity contribution < 1.29 is 0 Å². The van der Waals surface area contributed by atoms with Crippen LogP contribution in [0.4, 0.5) is 0 Å². The molecule has 0 bridgehead atoms. The van der Waals surface area contributed by atoms with Crippen LogP contribution in [0.25, 0.3) is 73.0 Å². The van der Waals surface area contributed by atoms with Crippen molar-refractivity contribution in [1.82, 2.24) is 54.4 Å². The summed E-state index contributed by atoms with van der Waals surface area (Å²) in [6, 6.07) is 22.3. The van der Waals surface area contributed by atoms with E-state index in [0.717, 1.165) is 38.6 Å². The lowest BCUT2D eigenvalue weighted by molar-refractivity contribution is 0.928. The van der Waals surface area contributed by atoms with E-state index in [-0.39, 0.29) is 0 Å². The van der Waals surface area contributed by atoms with Crippen molar-refractivity contribution in [3.8, 4) is 63.4 Å². The molecule has 242 valence electrons. The van der Waals surface area contributed by atoms with Crippen LogP contribution in [0.3, 0.4) is 0 Å². The minimum Gasteiger partial charge on any atom is -0.308 e. The summed E-state index contributed by atoms with van der Waals surface area (Å²) in [6.45, 7) is 7.40. The molecule has 0 saturated heterocycles. The number of rotatable bonds is 5. The molecule has 51 heavy (non-hydrogen) atoms. The Kier molecular flexibility index (Phi) is 7.43. The first kappa shape index (κ1) is 30.9. The summed E-state index contributed by atoms with van der Waals surface area (Å²) in [5.74, 6) is 4.49. The fourth-order valence-corrected chi connectivity index (χ4v) is 6.15. The van der Waals surface area contributed by atoms with Crippen LogP contribution in [0.2, 0.25) is 0 Å². The topological polar surface area (TPSA) is 181 Å². The number of hydrogen-bond acceptors (Lipinski definition) is 12. The summed E-state index contributed by atoms with van der Waals surface area (Å²) >= 11 is 0. The Balaban J connectivity index is 1.45. The molecule has 5 aromatic heterocycles. The molecule has 0 N–H and O–H groups in total. The third kappa shape index (κ3) is 5.64. The Labute approximate surface area is 291 Å². The van der Waals surface area contributed by atoms with Crippen LogP contribution in [0, 0.1) is 50.4 Å². The van der Waals surface area contributed by atoms with Crippen molar-refractivity contribution in [3.05, 3.63) is 114 Å². The SMILES string of the molecule is Cc1nc(C)nc(-c2ccc3c4ccc(-c5nc(C)nc(C)n5)cc4n(-c4ccc(-c5ncc(C#N)cn5)cc4-c4ncc(C#N)cn4)c3c2)n1. The van der Waals surface area contributed by atoms with Crippen molar-refractivity contribution in [3.63, 3.8) is 0 Å². The van der Waals surface area contributed by atoms with E-state index in [2.05, 4.69) is 90.8 Å². The quantitative estimate of drug-likeness (QED) is 0.198. The van der Waals surface area contributed by atoms with Gasteiger partial charge in [-0.15, -0.1) is 0 Å². The average Bonchev–Trinajstić information content (AvgIpc) is 3.46. The summed E-state index contributed by atoms with van der Waals surface area (Å²) in [7, 11) is 0. The normalized spacial score (nSPS) is 11.1. The summed E-state index contributed by atoms with van der Waals surface area (Å²) in [6.07, 6.45) is 5.96. The largest absolute Gasteiger partial charge is 0.308 e. The predicted octanol–water partition coefficient (Wildman–Crippen LogP) is 6.38. The first-order valence-electron chi connectivity index (χ1n) is 15.8. The molecule has 0 saturated carbocycles. The monoisotopic (exact) mass is 663 g/mol. The maximum absolute atomic E-state index is 9.48. The van der Waals surface area contributed by atoms with Gasteiger partial charge >= 0.3 is 0 Å². The van der Waals surface area contributed by atoms with E-state index in [4.69, 9.17) is 0 Å². The van der Waals surface area contributed by atoms with Crippen LogP contribution >= 0.6 is 0 Å². The molecule has 0 fully saturated rings. The lowest BCUT2D eigenvalue weighted by atomic mass is 10.1. The van der Waals surface area contributed by atoms with Gasteiger partial charge in [0.25, 0.3) is 0 Å². The fourth-order valence-electron chi connectivity index (χ4n) is 6.15. The molecular formula is C38H25N13. The average molecular weight is 664 g/mol. The lowest BCUT2D eigenvalue weighted by Gasteiger charge is -2.15. The molecule has 0 amide bonds. The van der Waals surface area contributed by atoms with E-state index < -0.39 is 0 Å². The van der Waals surface area contributed by atoms with Crippen molar-refractivity contribution in [2.24, 2.45) is 0 Å². The van der Waals surface area contributed by atoms with Crippen LogP contribution in [-0.2, 0) is 0 Å². The van der Waals surface area contributed by atoms with Gasteiger partial charge in [0.05, 0.1) is 27.8 Å². The van der Waals surface area contributed by atoms with Crippen molar-refractivity contribution in [1.29, 1.82) is 10.5 Å². The van der Waals surface area contributed by atoms with Gasteiger partial charge in [0.1, 0.15) is 35.4 Å². The number of benzene rings is 3. The Hall–Kier alpha value is -7.38. The molecule has 0 aliphatic carbocycles. The predicted molar refractivity (Wildman–Crippen MR) is 189 cm³/mol. The molecule has 0 atom stereocenters. The molecule has 8 aromatic rings. The summed E-state index contributed by atoms with van der Waals surface area (Å²) in [4.78, 5) is 45.4. The number of hydrogen-bond donors (Lipinski definition) is 0. The van der Waals surface area contributed by atoms with Crippen LogP contribution in [0.1, 0.15) is 34.4 Å². The smallest absolute Gasteiger partial charge is 0.163 e. The van der Waals surface area contributed by atoms with Crippen LogP contribution in [0.15, 0.2) is 79.4 Å².